The van der Waals surface area contributed by atoms with Crippen LogP contribution in [0.25, 0.3) is 86.3 Å². The van der Waals surface area contributed by atoms with E-state index in [9.17, 15) is 0 Å². The molecule has 0 fully saturated rings. The molecule has 11 rings (SSSR count). The average Bonchev–Trinajstić information content (AvgIpc) is 3.88. The Labute approximate surface area is 360 Å². The second kappa shape index (κ2) is 15.3. The second-order valence-corrected chi connectivity index (χ2v) is 16.8. The molecule has 0 unspecified atom stereocenters. The molecule has 0 amide bonds. The first kappa shape index (κ1) is 36.6. The van der Waals surface area contributed by atoms with Crippen molar-refractivity contribution in [2.45, 2.75) is 13.8 Å². The Morgan fingerprint density at radius 3 is 1.92 bits per heavy atom. The van der Waals surface area contributed by atoms with Gasteiger partial charge in [-0.3, -0.25) is 0 Å². The maximum atomic E-state index is 2.40. The van der Waals surface area contributed by atoms with Gasteiger partial charge >= 0.3 is 0 Å². The molecule has 0 aliphatic rings. The third-order valence-electron chi connectivity index (χ3n) is 12.1. The molecule has 61 heavy (non-hydrogen) atoms. The summed E-state index contributed by atoms with van der Waals surface area (Å²) in [5.74, 6) is 0. The number of nitrogens with zero attached hydrogens (tertiary/aromatic N) is 2. The molecule has 290 valence electrons. The van der Waals surface area contributed by atoms with Crippen molar-refractivity contribution in [1.82, 2.24) is 4.57 Å². The van der Waals surface area contributed by atoms with Gasteiger partial charge in [-0.25, -0.2) is 0 Å². The molecule has 3 heteroatoms. The average molecular weight is 799 g/mol. The molecule has 0 saturated carbocycles. The maximum Gasteiger partial charge on any atom is 0.0547 e. The number of anilines is 3. The highest BCUT2D eigenvalue weighted by atomic mass is 32.1. The van der Waals surface area contributed by atoms with Gasteiger partial charge in [-0.15, -0.1) is 11.3 Å². The zero-order valence-electron chi connectivity index (χ0n) is 34.1. The van der Waals surface area contributed by atoms with Gasteiger partial charge in [-0.1, -0.05) is 152 Å². The highest BCUT2D eigenvalue weighted by Gasteiger charge is 2.17. The number of para-hydroxylation sites is 1. The molecule has 0 aliphatic carbocycles. The lowest BCUT2D eigenvalue weighted by Crippen LogP contribution is -2.10. The van der Waals surface area contributed by atoms with E-state index < -0.39 is 0 Å². The van der Waals surface area contributed by atoms with Gasteiger partial charge in [0.1, 0.15) is 0 Å². The molecular weight excluding hydrogens is 757 g/mol. The van der Waals surface area contributed by atoms with Gasteiger partial charge in [-0.2, -0.15) is 0 Å². The zero-order valence-corrected chi connectivity index (χ0v) is 34.9. The first-order chi connectivity index (χ1) is 30.1. The lowest BCUT2D eigenvalue weighted by atomic mass is 10.0. The van der Waals surface area contributed by atoms with Crippen LogP contribution in [-0.4, -0.2) is 4.57 Å². The Kier molecular flexibility index (Phi) is 9.18. The van der Waals surface area contributed by atoms with Crippen molar-refractivity contribution in [2.24, 2.45) is 0 Å². The third kappa shape index (κ3) is 6.42. The number of hydrogen-bond acceptors (Lipinski definition) is 2. The second-order valence-electron chi connectivity index (χ2n) is 15.7. The van der Waals surface area contributed by atoms with Crippen LogP contribution in [0, 0.1) is 0 Å². The van der Waals surface area contributed by atoms with Crippen molar-refractivity contribution in [3.63, 3.8) is 0 Å². The molecule has 0 radical (unpaired) electrons. The lowest BCUT2D eigenvalue weighted by Gasteiger charge is -2.26. The van der Waals surface area contributed by atoms with Crippen LogP contribution in [0.5, 0.6) is 0 Å². The smallest absolute Gasteiger partial charge is 0.0547 e. The number of hydrogen-bond donors (Lipinski definition) is 0. The molecule has 2 nitrogen and oxygen atoms in total. The fraction of sp³-hybridized carbons (Fsp3) is 0.0345. The van der Waals surface area contributed by atoms with Crippen molar-refractivity contribution >= 4 is 86.7 Å². The first-order valence-electron chi connectivity index (χ1n) is 21.0. The number of fused-ring (bicyclic) bond motifs is 8. The summed E-state index contributed by atoms with van der Waals surface area (Å²) in [6.45, 7) is 4.23. The molecule has 0 atom stereocenters. The molecule has 9 aromatic carbocycles. The first-order valence-corrected chi connectivity index (χ1v) is 21.8. The molecule has 11 aromatic rings. The van der Waals surface area contributed by atoms with E-state index >= 15 is 0 Å². The normalized spacial score (nSPS) is 12.1. The summed E-state index contributed by atoms with van der Waals surface area (Å²) in [7, 11) is 0. The number of thiophene rings is 1. The van der Waals surface area contributed by atoms with Gasteiger partial charge in [0.2, 0.25) is 0 Å². The number of benzene rings is 9. The van der Waals surface area contributed by atoms with Crippen LogP contribution in [0.4, 0.5) is 17.1 Å². The minimum absolute atomic E-state index is 1.10. The van der Waals surface area contributed by atoms with Gasteiger partial charge in [-0.05, 0) is 125 Å². The van der Waals surface area contributed by atoms with Gasteiger partial charge in [0.05, 0.1) is 11.0 Å². The Hall–Kier alpha value is -7.46. The largest absolute Gasteiger partial charge is 0.310 e. The Morgan fingerprint density at radius 1 is 0.508 bits per heavy atom. The van der Waals surface area contributed by atoms with E-state index in [2.05, 4.69) is 242 Å². The maximum absolute atomic E-state index is 2.40. The van der Waals surface area contributed by atoms with Crippen LogP contribution >= 0.6 is 11.3 Å². The monoisotopic (exact) mass is 798 g/mol. The SMILES string of the molecule is C/C=C\C=C(/C)c1cccc(N(c2ccc(-c3ccc(-n4c5ccccc5c5c6ccccc6ccc54)cc3)cc2)c2ccc(-c3cccc4c3sc3ccccc34)cc2)c1. The van der Waals surface area contributed by atoms with Gasteiger partial charge < -0.3 is 9.47 Å². The Balaban J connectivity index is 0.957. The molecule has 0 N–H and O–H groups in total. The van der Waals surface area contributed by atoms with Crippen molar-refractivity contribution in [3.05, 3.63) is 224 Å². The van der Waals surface area contributed by atoms with Crippen LogP contribution < -0.4 is 4.90 Å². The molecule has 0 bridgehead atoms. The van der Waals surface area contributed by atoms with E-state index in [1.54, 1.807) is 0 Å². The molecular formula is C58H42N2S. The zero-order chi connectivity index (χ0) is 40.9. The van der Waals surface area contributed by atoms with E-state index in [1.807, 2.05) is 11.3 Å². The van der Waals surface area contributed by atoms with Crippen LogP contribution in [0.1, 0.15) is 19.4 Å². The summed E-state index contributed by atoms with van der Waals surface area (Å²) in [4.78, 5) is 2.37. The molecule has 0 aliphatic heterocycles. The summed E-state index contributed by atoms with van der Waals surface area (Å²) < 4.78 is 5.05. The van der Waals surface area contributed by atoms with E-state index in [4.69, 9.17) is 0 Å². The predicted octanol–water partition coefficient (Wildman–Crippen LogP) is 17.1. The van der Waals surface area contributed by atoms with Crippen molar-refractivity contribution in [2.75, 3.05) is 4.90 Å². The van der Waals surface area contributed by atoms with Crippen LogP contribution in [-0.2, 0) is 0 Å². The highest BCUT2D eigenvalue weighted by Crippen LogP contribution is 2.43. The molecule has 2 aromatic heterocycles. The highest BCUT2D eigenvalue weighted by molar-refractivity contribution is 7.26. The fourth-order valence-corrected chi connectivity index (χ4v) is 10.3. The van der Waals surface area contributed by atoms with E-state index in [-0.39, 0.29) is 0 Å². The van der Waals surface area contributed by atoms with Crippen LogP contribution in [0.2, 0.25) is 0 Å². The summed E-state index contributed by atoms with van der Waals surface area (Å²) >= 11 is 1.88. The van der Waals surface area contributed by atoms with Crippen molar-refractivity contribution < 1.29 is 0 Å². The Morgan fingerprint density at radius 2 is 1.15 bits per heavy atom. The minimum Gasteiger partial charge on any atom is -0.310 e. The number of rotatable bonds is 8. The van der Waals surface area contributed by atoms with E-state index in [0.29, 0.717) is 0 Å². The van der Waals surface area contributed by atoms with Gasteiger partial charge in [0, 0.05) is 53.7 Å². The van der Waals surface area contributed by atoms with Gasteiger partial charge in [0.15, 0.2) is 0 Å². The Bertz CT molecular complexity index is 3470. The number of allylic oxidation sites excluding steroid dienone is 4. The van der Waals surface area contributed by atoms with Gasteiger partial charge in [0.25, 0.3) is 0 Å². The molecule has 0 spiro atoms. The van der Waals surface area contributed by atoms with E-state index in [0.717, 1.165) is 22.7 Å². The topological polar surface area (TPSA) is 8.17 Å². The third-order valence-corrected chi connectivity index (χ3v) is 13.3. The van der Waals surface area contributed by atoms with Crippen LogP contribution in [0.15, 0.2) is 218 Å². The summed E-state index contributed by atoms with van der Waals surface area (Å²) in [5.41, 5.74) is 14.2. The summed E-state index contributed by atoms with van der Waals surface area (Å²) in [6.07, 6.45) is 6.35. The summed E-state index contributed by atoms with van der Waals surface area (Å²) in [6, 6.07) is 73.4. The fourth-order valence-electron chi connectivity index (χ4n) is 9.06. The van der Waals surface area contributed by atoms with Crippen molar-refractivity contribution in [1.29, 1.82) is 0 Å². The summed E-state index contributed by atoms with van der Waals surface area (Å²) in [5, 5.41) is 7.76. The number of aromatic nitrogens is 1. The van der Waals surface area contributed by atoms with Crippen LogP contribution in [0.3, 0.4) is 0 Å². The molecule has 2 heterocycles. The predicted molar refractivity (Wildman–Crippen MR) is 265 cm³/mol. The lowest BCUT2D eigenvalue weighted by molar-refractivity contribution is 1.18. The molecule has 0 saturated heterocycles. The van der Waals surface area contributed by atoms with E-state index in [1.165, 1.54) is 86.1 Å². The quantitative estimate of drug-likeness (QED) is 0.139. The minimum atomic E-state index is 1.10. The standard InChI is InChI=1S/C58H42N2S/c1-3-4-13-39(2)44-15-11-16-48(38-44)59(46-35-28-43(29-36-46)50-20-12-21-52-51-18-8-10-23-56(51)61-58(50)52)45-31-24-40(25-32-45)41-26-33-47(34-27-41)60-54-22-9-7-19-53(54)57-49-17-6-5-14-42(49)30-37-55(57)60/h3-38H,1-2H3/b4-3-,39-13+. The van der Waals surface area contributed by atoms with Crippen molar-refractivity contribution in [3.8, 4) is 27.9 Å².